The van der Waals surface area contributed by atoms with E-state index in [2.05, 4.69) is 21.2 Å². The lowest BCUT2D eigenvalue weighted by Gasteiger charge is -2.06. The second-order valence-corrected chi connectivity index (χ2v) is 6.83. The number of aryl methyl sites for hydroxylation is 1. The van der Waals surface area contributed by atoms with Crippen LogP contribution in [0.4, 0.5) is 0 Å². The van der Waals surface area contributed by atoms with Gasteiger partial charge in [-0.25, -0.2) is 4.98 Å². The van der Waals surface area contributed by atoms with E-state index in [4.69, 9.17) is 4.52 Å². The highest BCUT2D eigenvalue weighted by Crippen LogP contribution is 2.27. The molecule has 3 heterocycles. The normalized spacial score (nSPS) is 10.5. The summed E-state index contributed by atoms with van der Waals surface area (Å²) < 4.78 is 5.24. The molecule has 0 aromatic carbocycles. The highest BCUT2D eigenvalue weighted by atomic mass is 32.2. The summed E-state index contributed by atoms with van der Waals surface area (Å²) in [6, 6.07) is 7.51. The van der Waals surface area contributed by atoms with E-state index in [0.29, 0.717) is 39.3 Å². The number of carbonyl (C=O) groups excluding carboxylic acids is 1. The number of carbonyl (C=O) groups is 1. The number of ketones is 1. The first-order valence-electron chi connectivity index (χ1n) is 7.00. The van der Waals surface area contributed by atoms with Crippen LogP contribution < -0.4 is 0 Å². The van der Waals surface area contributed by atoms with Gasteiger partial charge < -0.3 is 4.52 Å². The molecular formula is C16H12N4O2S2. The number of rotatable bonds is 5. The Bertz CT molecular complexity index is 926. The number of aromatic nitrogens is 3. The maximum atomic E-state index is 11.6. The maximum Gasteiger partial charge on any atom is 0.237 e. The Hall–Kier alpha value is -2.50. The van der Waals surface area contributed by atoms with Crippen LogP contribution in [0.15, 0.2) is 33.1 Å². The molecule has 0 aliphatic rings. The van der Waals surface area contributed by atoms with Gasteiger partial charge in [-0.05, 0) is 31.4 Å². The molecule has 0 bridgehead atoms. The number of thiophene rings is 1. The van der Waals surface area contributed by atoms with Crippen molar-refractivity contribution < 1.29 is 9.32 Å². The highest BCUT2D eigenvalue weighted by molar-refractivity contribution is 7.98. The van der Waals surface area contributed by atoms with Crippen molar-refractivity contribution in [1.82, 2.24) is 15.1 Å². The first kappa shape index (κ1) is 16.4. The number of hydrogen-bond donors (Lipinski definition) is 0. The van der Waals surface area contributed by atoms with Gasteiger partial charge in [0.15, 0.2) is 5.78 Å². The van der Waals surface area contributed by atoms with Gasteiger partial charge in [0.25, 0.3) is 0 Å². The van der Waals surface area contributed by atoms with Crippen molar-refractivity contribution in [2.24, 2.45) is 0 Å². The molecule has 0 atom stereocenters. The van der Waals surface area contributed by atoms with Gasteiger partial charge in [0, 0.05) is 11.3 Å². The molecule has 24 heavy (non-hydrogen) atoms. The van der Waals surface area contributed by atoms with Crippen LogP contribution in [0.25, 0.3) is 10.7 Å². The molecule has 0 unspecified atom stereocenters. The smallest absolute Gasteiger partial charge is 0.237 e. The third kappa shape index (κ3) is 3.37. The molecule has 0 radical (unpaired) electrons. The van der Waals surface area contributed by atoms with Gasteiger partial charge in [0.05, 0.1) is 16.2 Å². The molecule has 0 fully saturated rings. The molecule has 0 spiro atoms. The molecule has 0 N–H and O–H groups in total. The predicted molar refractivity (Wildman–Crippen MR) is 90.9 cm³/mol. The third-order valence-corrected chi connectivity index (χ3v) is 5.06. The second kappa shape index (κ2) is 6.95. The first-order chi connectivity index (χ1) is 11.6. The van der Waals surface area contributed by atoms with Crippen molar-refractivity contribution in [3.63, 3.8) is 0 Å². The molecule has 3 aromatic rings. The Morgan fingerprint density at radius 1 is 1.46 bits per heavy atom. The van der Waals surface area contributed by atoms with Crippen LogP contribution in [-0.2, 0) is 5.75 Å². The molecule has 120 valence electrons. The van der Waals surface area contributed by atoms with Crippen molar-refractivity contribution in [1.29, 1.82) is 5.26 Å². The number of thioether (sulfide) groups is 1. The van der Waals surface area contributed by atoms with Crippen molar-refractivity contribution in [2.75, 3.05) is 0 Å². The average molecular weight is 356 g/mol. The lowest BCUT2D eigenvalue weighted by molar-refractivity contribution is 0.101. The quantitative estimate of drug-likeness (QED) is 0.506. The van der Waals surface area contributed by atoms with Crippen LogP contribution in [0.1, 0.15) is 34.4 Å². The van der Waals surface area contributed by atoms with E-state index < -0.39 is 0 Å². The minimum absolute atomic E-state index is 0.106. The summed E-state index contributed by atoms with van der Waals surface area (Å²) in [6.07, 6.45) is 0. The van der Waals surface area contributed by atoms with Crippen LogP contribution in [0.2, 0.25) is 0 Å². The van der Waals surface area contributed by atoms with Crippen LogP contribution >= 0.6 is 23.1 Å². The Balaban J connectivity index is 1.79. The average Bonchev–Trinajstić information content (AvgIpc) is 3.23. The third-order valence-electron chi connectivity index (χ3n) is 3.22. The standard InChI is InChI=1S/C16H12N4O2S2/c1-9-12(10(2)21)6-11(7-17)16(18-9)24-8-14-19-15(20-22-14)13-4-3-5-23-13/h3-6H,8H2,1-2H3. The molecule has 3 aromatic heterocycles. The fourth-order valence-electron chi connectivity index (χ4n) is 2.08. The van der Waals surface area contributed by atoms with Gasteiger partial charge in [0.2, 0.25) is 11.7 Å². The van der Waals surface area contributed by atoms with E-state index >= 15 is 0 Å². The van der Waals surface area contributed by atoms with Gasteiger partial charge in [-0.15, -0.1) is 11.3 Å². The fourth-order valence-corrected chi connectivity index (χ4v) is 3.57. The van der Waals surface area contributed by atoms with E-state index in [1.807, 2.05) is 17.5 Å². The van der Waals surface area contributed by atoms with Crippen molar-refractivity contribution >= 4 is 28.9 Å². The Morgan fingerprint density at radius 2 is 2.29 bits per heavy atom. The monoisotopic (exact) mass is 356 g/mol. The second-order valence-electron chi connectivity index (χ2n) is 4.92. The van der Waals surface area contributed by atoms with E-state index in [1.165, 1.54) is 30.0 Å². The molecule has 0 aliphatic carbocycles. The number of Topliss-reactive ketones (excluding diaryl/α,β-unsaturated/α-hetero) is 1. The lowest BCUT2D eigenvalue weighted by Crippen LogP contribution is -2.02. The van der Waals surface area contributed by atoms with E-state index in [9.17, 15) is 10.1 Å². The Labute approximate surface area is 146 Å². The molecule has 0 saturated carbocycles. The van der Waals surface area contributed by atoms with E-state index in [0.717, 1.165) is 4.88 Å². The lowest BCUT2D eigenvalue weighted by atomic mass is 10.1. The zero-order valence-corrected chi connectivity index (χ0v) is 14.6. The summed E-state index contributed by atoms with van der Waals surface area (Å²) in [7, 11) is 0. The van der Waals surface area contributed by atoms with Crippen molar-refractivity contribution in [3.8, 4) is 16.8 Å². The van der Waals surface area contributed by atoms with Gasteiger partial charge >= 0.3 is 0 Å². The molecule has 0 saturated heterocycles. The minimum atomic E-state index is -0.106. The van der Waals surface area contributed by atoms with Gasteiger partial charge in [-0.1, -0.05) is 23.0 Å². The molecule has 8 heteroatoms. The summed E-state index contributed by atoms with van der Waals surface area (Å²) in [5.74, 6) is 1.31. The SMILES string of the molecule is CC(=O)c1cc(C#N)c(SCc2nc(-c3cccs3)no2)nc1C. The number of hydrogen-bond acceptors (Lipinski definition) is 8. The van der Waals surface area contributed by atoms with Crippen LogP contribution in [0, 0.1) is 18.3 Å². The zero-order valence-electron chi connectivity index (χ0n) is 12.9. The summed E-state index contributed by atoms with van der Waals surface area (Å²) in [5.41, 5.74) is 1.44. The largest absolute Gasteiger partial charge is 0.338 e. The van der Waals surface area contributed by atoms with E-state index in [-0.39, 0.29) is 5.78 Å². The molecule has 3 rings (SSSR count). The summed E-state index contributed by atoms with van der Waals surface area (Å²) in [4.78, 5) is 21.2. The van der Waals surface area contributed by atoms with Crippen molar-refractivity contribution in [3.05, 3.63) is 46.3 Å². The van der Waals surface area contributed by atoms with Crippen LogP contribution in [-0.4, -0.2) is 20.9 Å². The Kier molecular flexibility index (Phi) is 4.74. The molecule has 0 aliphatic heterocycles. The summed E-state index contributed by atoms with van der Waals surface area (Å²) in [5, 5.41) is 15.7. The zero-order chi connectivity index (χ0) is 17.1. The predicted octanol–water partition coefficient (Wildman–Crippen LogP) is 3.87. The topological polar surface area (TPSA) is 92.7 Å². The highest BCUT2D eigenvalue weighted by Gasteiger charge is 2.15. The number of nitrogens with zero attached hydrogens (tertiary/aromatic N) is 4. The maximum absolute atomic E-state index is 11.6. The van der Waals surface area contributed by atoms with Crippen LogP contribution in [0.3, 0.4) is 0 Å². The van der Waals surface area contributed by atoms with Gasteiger partial charge in [-0.3, -0.25) is 4.79 Å². The molecular weight excluding hydrogens is 344 g/mol. The van der Waals surface area contributed by atoms with Gasteiger partial charge in [0.1, 0.15) is 11.1 Å². The fraction of sp³-hybridized carbons (Fsp3) is 0.188. The summed E-state index contributed by atoms with van der Waals surface area (Å²) >= 11 is 2.87. The summed E-state index contributed by atoms with van der Waals surface area (Å²) in [6.45, 7) is 3.21. The minimum Gasteiger partial charge on any atom is -0.338 e. The molecule has 6 nitrogen and oxygen atoms in total. The number of pyridine rings is 1. The number of nitriles is 1. The van der Waals surface area contributed by atoms with Crippen molar-refractivity contribution in [2.45, 2.75) is 24.6 Å². The van der Waals surface area contributed by atoms with Crippen LogP contribution in [0.5, 0.6) is 0 Å². The van der Waals surface area contributed by atoms with E-state index in [1.54, 1.807) is 13.0 Å². The first-order valence-corrected chi connectivity index (χ1v) is 8.87. The molecule has 0 amide bonds. The van der Waals surface area contributed by atoms with Gasteiger partial charge in [-0.2, -0.15) is 10.2 Å². The Morgan fingerprint density at radius 3 is 2.96 bits per heavy atom.